The summed E-state index contributed by atoms with van der Waals surface area (Å²) in [6, 6.07) is 5.74. The van der Waals surface area contributed by atoms with E-state index in [0.29, 0.717) is 5.56 Å². The van der Waals surface area contributed by atoms with E-state index in [2.05, 4.69) is 0 Å². The Balaban J connectivity index is 3.19. The molecule has 1 rings (SSSR count). The summed E-state index contributed by atoms with van der Waals surface area (Å²) in [6.07, 6.45) is 0. The summed E-state index contributed by atoms with van der Waals surface area (Å²) < 4.78 is 12.9. The highest BCUT2D eigenvalue weighted by molar-refractivity contribution is 6.44. The molecule has 0 saturated heterocycles. The van der Waals surface area contributed by atoms with E-state index < -0.39 is 10.7 Å². The Morgan fingerprint density at radius 3 is 2.58 bits per heavy atom. The van der Waals surface area contributed by atoms with Gasteiger partial charge in [-0.15, -0.1) is 0 Å². The summed E-state index contributed by atoms with van der Waals surface area (Å²) in [5, 5.41) is 8.48. The van der Waals surface area contributed by atoms with Gasteiger partial charge in [-0.2, -0.15) is 5.26 Å². The van der Waals surface area contributed by atoms with Crippen LogP contribution in [0, 0.1) is 17.1 Å². The van der Waals surface area contributed by atoms with Crippen LogP contribution in [0.4, 0.5) is 4.39 Å². The van der Waals surface area contributed by atoms with Gasteiger partial charge in [-0.1, -0.05) is 23.2 Å². The Hall–Kier alpha value is -0.780. The second-order valence-electron chi connectivity index (χ2n) is 2.15. The highest BCUT2D eigenvalue weighted by Gasteiger charge is 2.10. The molecule has 0 aliphatic carbocycles. The fourth-order valence-corrected chi connectivity index (χ4v) is 1.11. The molecule has 0 amide bonds. The predicted molar refractivity (Wildman–Crippen MR) is 45.6 cm³/mol. The lowest BCUT2D eigenvalue weighted by Gasteiger charge is -2.02. The minimum absolute atomic E-state index is 0.136. The molecule has 62 valence electrons. The van der Waals surface area contributed by atoms with Crippen molar-refractivity contribution in [2.75, 3.05) is 0 Å². The van der Waals surface area contributed by atoms with Crippen molar-refractivity contribution in [3.63, 3.8) is 0 Å². The van der Waals surface area contributed by atoms with Crippen LogP contribution in [0.3, 0.4) is 0 Å². The minimum Gasteiger partial charge on any atom is -0.207 e. The van der Waals surface area contributed by atoms with Crippen LogP contribution in [-0.2, 0) is 0 Å². The topological polar surface area (TPSA) is 23.8 Å². The van der Waals surface area contributed by atoms with E-state index in [1.807, 2.05) is 6.07 Å². The summed E-state index contributed by atoms with van der Waals surface area (Å²) in [4.78, 5) is -0.932. The molecule has 0 fully saturated rings. The smallest absolute Gasteiger partial charge is 0.135 e. The molecular formula is C8H4Cl2FN. The van der Waals surface area contributed by atoms with Crippen molar-refractivity contribution < 1.29 is 4.39 Å². The number of hydrogen-bond acceptors (Lipinski definition) is 1. The van der Waals surface area contributed by atoms with Gasteiger partial charge in [-0.3, -0.25) is 0 Å². The van der Waals surface area contributed by atoms with E-state index in [0.717, 1.165) is 0 Å². The van der Waals surface area contributed by atoms with Crippen molar-refractivity contribution in [2.24, 2.45) is 0 Å². The number of alkyl halides is 2. The third-order valence-corrected chi connectivity index (χ3v) is 1.83. The molecule has 1 aromatic carbocycles. The van der Waals surface area contributed by atoms with Gasteiger partial charge in [0.2, 0.25) is 0 Å². The normalized spacial score (nSPS) is 9.92. The average molecular weight is 204 g/mol. The van der Waals surface area contributed by atoms with E-state index in [1.54, 1.807) is 0 Å². The van der Waals surface area contributed by atoms with Crippen LogP contribution >= 0.6 is 23.2 Å². The molecule has 0 saturated carbocycles. The van der Waals surface area contributed by atoms with Gasteiger partial charge in [0, 0.05) is 5.56 Å². The molecule has 0 aliphatic heterocycles. The Labute approximate surface area is 79.3 Å². The van der Waals surface area contributed by atoms with Crippen LogP contribution in [0.1, 0.15) is 16.0 Å². The SMILES string of the molecule is N#Cc1ccc(F)c(C(Cl)Cl)c1. The zero-order valence-corrected chi connectivity index (χ0v) is 7.40. The predicted octanol–water partition coefficient (Wildman–Crippen LogP) is 3.17. The van der Waals surface area contributed by atoms with Crippen molar-refractivity contribution in [3.05, 3.63) is 35.1 Å². The Morgan fingerprint density at radius 2 is 2.08 bits per heavy atom. The zero-order chi connectivity index (χ0) is 9.14. The third-order valence-electron chi connectivity index (χ3n) is 1.36. The van der Waals surface area contributed by atoms with Crippen molar-refractivity contribution in [1.82, 2.24) is 0 Å². The van der Waals surface area contributed by atoms with Crippen LogP contribution in [-0.4, -0.2) is 0 Å². The van der Waals surface area contributed by atoms with Gasteiger partial charge in [-0.25, -0.2) is 4.39 Å². The number of halogens is 3. The first-order valence-corrected chi connectivity index (χ1v) is 4.00. The lowest BCUT2D eigenvalue weighted by molar-refractivity contribution is 0.615. The zero-order valence-electron chi connectivity index (χ0n) is 5.89. The molecule has 1 aromatic rings. The molecule has 0 atom stereocenters. The van der Waals surface area contributed by atoms with Gasteiger partial charge < -0.3 is 0 Å². The van der Waals surface area contributed by atoms with Crippen LogP contribution in [0.15, 0.2) is 18.2 Å². The molecule has 1 nitrogen and oxygen atoms in total. The first kappa shape index (κ1) is 9.31. The summed E-state index contributed by atoms with van der Waals surface area (Å²) >= 11 is 10.9. The molecule has 0 N–H and O–H groups in total. The van der Waals surface area contributed by atoms with Gasteiger partial charge in [-0.05, 0) is 18.2 Å². The fraction of sp³-hybridized carbons (Fsp3) is 0.125. The standard InChI is InChI=1S/C8H4Cl2FN/c9-8(10)6-3-5(4-12)1-2-7(6)11/h1-3,8H. The summed E-state index contributed by atoms with van der Waals surface area (Å²) in [7, 11) is 0. The quantitative estimate of drug-likeness (QED) is 0.644. The maximum atomic E-state index is 12.9. The summed E-state index contributed by atoms with van der Waals surface area (Å²) in [6.45, 7) is 0. The van der Waals surface area contributed by atoms with E-state index in [-0.39, 0.29) is 5.56 Å². The van der Waals surface area contributed by atoms with E-state index in [9.17, 15) is 4.39 Å². The van der Waals surface area contributed by atoms with E-state index >= 15 is 0 Å². The monoisotopic (exact) mass is 203 g/mol. The molecule has 12 heavy (non-hydrogen) atoms. The number of hydrogen-bond donors (Lipinski definition) is 0. The Kier molecular flexibility index (Phi) is 2.91. The molecule has 0 heterocycles. The summed E-state index contributed by atoms with van der Waals surface area (Å²) in [5.74, 6) is -0.496. The maximum absolute atomic E-state index is 12.9. The molecule has 0 unspecified atom stereocenters. The van der Waals surface area contributed by atoms with Crippen LogP contribution in [0.5, 0.6) is 0 Å². The molecular weight excluding hydrogens is 200 g/mol. The fourth-order valence-electron chi connectivity index (χ4n) is 0.781. The van der Waals surface area contributed by atoms with E-state index in [1.165, 1.54) is 18.2 Å². The second kappa shape index (κ2) is 3.75. The summed E-state index contributed by atoms with van der Waals surface area (Å²) in [5.41, 5.74) is 0.482. The van der Waals surface area contributed by atoms with Gasteiger partial charge in [0.1, 0.15) is 10.7 Å². The van der Waals surface area contributed by atoms with Crippen molar-refractivity contribution in [2.45, 2.75) is 4.84 Å². The van der Waals surface area contributed by atoms with Crippen LogP contribution in [0.25, 0.3) is 0 Å². The highest BCUT2D eigenvalue weighted by Crippen LogP contribution is 2.27. The average Bonchev–Trinajstić information content (AvgIpc) is 2.05. The molecule has 0 aliphatic rings. The first-order chi connectivity index (χ1) is 5.65. The van der Waals surface area contributed by atoms with Gasteiger partial charge in [0.05, 0.1) is 11.6 Å². The van der Waals surface area contributed by atoms with Crippen molar-refractivity contribution >= 4 is 23.2 Å². The lowest BCUT2D eigenvalue weighted by atomic mass is 10.1. The number of nitrogens with zero attached hydrogens (tertiary/aromatic N) is 1. The Bertz CT molecular complexity index is 330. The first-order valence-electron chi connectivity index (χ1n) is 3.13. The van der Waals surface area contributed by atoms with Gasteiger partial charge in [0.15, 0.2) is 0 Å². The number of benzene rings is 1. The third kappa shape index (κ3) is 1.88. The largest absolute Gasteiger partial charge is 0.207 e. The number of nitriles is 1. The van der Waals surface area contributed by atoms with Gasteiger partial charge in [0.25, 0.3) is 0 Å². The van der Waals surface area contributed by atoms with Crippen LogP contribution in [0.2, 0.25) is 0 Å². The molecule has 0 radical (unpaired) electrons. The minimum atomic E-state index is -0.932. The van der Waals surface area contributed by atoms with E-state index in [4.69, 9.17) is 28.5 Å². The maximum Gasteiger partial charge on any atom is 0.135 e. The molecule has 0 bridgehead atoms. The lowest BCUT2D eigenvalue weighted by Crippen LogP contribution is -1.89. The molecule has 4 heteroatoms. The van der Waals surface area contributed by atoms with Crippen molar-refractivity contribution in [3.8, 4) is 6.07 Å². The highest BCUT2D eigenvalue weighted by atomic mass is 35.5. The van der Waals surface area contributed by atoms with Crippen molar-refractivity contribution in [1.29, 1.82) is 5.26 Å². The second-order valence-corrected chi connectivity index (χ2v) is 3.25. The molecule has 0 aromatic heterocycles. The molecule has 0 spiro atoms. The number of rotatable bonds is 1. The van der Waals surface area contributed by atoms with Crippen LogP contribution < -0.4 is 0 Å². The van der Waals surface area contributed by atoms with Gasteiger partial charge >= 0.3 is 0 Å². The Morgan fingerprint density at radius 1 is 1.42 bits per heavy atom.